The molecule has 0 aliphatic heterocycles. The van der Waals surface area contributed by atoms with Gasteiger partial charge in [-0.3, -0.25) is 4.79 Å². The first-order chi connectivity index (χ1) is 9.77. The van der Waals surface area contributed by atoms with Gasteiger partial charge in [0.2, 0.25) is 0 Å². The van der Waals surface area contributed by atoms with Crippen LogP contribution in [0.3, 0.4) is 0 Å². The Bertz CT molecular complexity index is 245. The molecule has 3 heteroatoms. The smallest absolute Gasteiger partial charge is 1.00 e. The molecule has 2 nitrogen and oxygen atoms in total. The molecule has 0 aromatic rings. The van der Waals surface area contributed by atoms with Crippen molar-refractivity contribution in [3.63, 3.8) is 0 Å². The maximum Gasteiger partial charge on any atom is 1.00 e. The summed E-state index contributed by atoms with van der Waals surface area (Å²) in [7, 11) is 0. The third-order valence-electron chi connectivity index (χ3n) is 3.65. The van der Waals surface area contributed by atoms with E-state index in [9.17, 15) is 4.79 Å². The van der Waals surface area contributed by atoms with Gasteiger partial charge in [0.1, 0.15) is 0 Å². The molecule has 1 N–H and O–H groups in total. The maximum atomic E-state index is 10.3. The zero-order valence-corrected chi connectivity index (χ0v) is 16.4. The van der Waals surface area contributed by atoms with Gasteiger partial charge in [-0.1, -0.05) is 76.9 Å². The van der Waals surface area contributed by atoms with Crippen LogP contribution in [-0.4, -0.2) is 11.1 Å². The van der Waals surface area contributed by atoms with E-state index >= 15 is 0 Å². The van der Waals surface area contributed by atoms with Crippen molar-refractivity contribution in [1.29, 1.82) is 0 Å². The zero-order valence-electron chi connectivity index (χ0n) is 15.4. The molecular formula is C18H35NaO2. The second-order valence-corrected chi connectivity index (χ2v) is 5.73. The van der Waals surface area contributed by atoms with Crippen LogP contribution in [0.4, 0.5) is 0 Å². The summed E-state index contributed by atoms with van der Waals surface area (Å²) in [5.41, 5.74) is 0. The predicted octanol–water partition coefficient (Wildman–Crippen LogP) is 3.23. The summed E-state index contributed by atoms with van der Waals surface area (Å²) in [6.07, 6.45) is 21.2. The van der Waals surface area contributed by atoms with Gasteiger partial charge < -0.3 is 6.53 Å². The first kappa shape index (κ1) is 23.5. The first-order valence-electron chi connectivity index (χ1n) is 8.64. The fraction of sp³-hybridized carbons (Fsp3) is 0.833. The molecule has 0 radical (unpaired) electrons. The van der Waals surface area contributed by atoms with E-state index in [-0.39, 0.29) is 31.0 Å². The number of allylic oxidation sites excluding steroid dienone is 2. The molecule has 0 aliphatic rings. The van der Waals surface area contributed by atoms with Crippen LogP contribution in [0.1, 0.15) is 98.2 Å². The molecule has 0 aromatic carbocycles. The van der Waals surface area contributed by atoms with Crippen LogP contribution < -0.4 is 29.6 Å². The molecule has 0 aliphatic carbocycles. The molecule has 0 saturated carbocycles. The van der Waals surface area contributed by atoms with Crippen molar-refractivity contribution in [3.8, 4) is 0 Å². The average Bonchev–Trinajstić information content (AvgIpc) is 2.43. The van der Waals surface area contributed by atoms with E-state index in [1.54, 1.807) is 0 Å². The fourth-order valence-corrected chi connectivity index (χ4v) is 2.33. The summed E-state index contributed by atoms with van der Waals surface area (Å²) >= 11 is 0. The minimum atomic E-state index is -0.659. The van der Waals surface area contributed by atoms with Crippen molar-refractivity contribution >= 4 is 5.97 Å². The summed E-state index contributed by atoms with van der Waals surface area (Å²) in [5, 5.41) is 8.51. The molecule has 0 aromatic heterocycles. The van der Waals surface area contributed by atoms with Crippen molar-refractivity contribution in [2.24, 2.45) is 0 Å². The molecule has 0 heterocycles. The third-order valence-corrected chi connectivity index (χ3v) is 3.65. The number of carboxylic acid groups (broad SMARTS) is 1. The van der Waals surface area contributed by atoms with Gasteiger partial charge in [0.25, 0.3) is 0 Å². The summed E-state index contributed by atoms with van der Waals surface area (Å²) in [6, 6.07) is 0. The Morgan fingerprint density at radius 3 is 1.71 bits per heavy atom. The molecule has 0 unspecified atom stereocenters. The molecule has 0 atom stereocenters. The fourth-order valence-electron chi connectivity index (χ4n) is 2.33. The Hall–Kier alpha value is 0.210. The Morgan fingerprint density at radius 2 is 1.24 bits per heavy atom. The molecule has 21 heavy (non-hydrogen) atoms. The van der Waals surface area contributed by atoms with E-state index in [0.29, 0.717) is 6.42 Å². The van der Waals surface area contributed by atoms with E-state index in [0.717, 1.165) is 12.8 Å². The quantitative estimate of drug-likeness (QED) is 0.286. The van der Waals surface area contributed by atoms with Crippen LogP contribution in [0.25, 0.3) is 0 Å². The number of aliphatic carboxylic acids is 1. The van der Waals surface area contributed by atoms with Crippen molar-refractivity contribution in [2.75, 3.05) is 0 Å². The number of unbranched alkanes of at least 4 members (excludes halogenated alkanes) is 11. The van der Waals surface area contributed by atoms with E-state index in [1.807, 2.05) is 0 Å². The number of hydrogen-bond donors (Lipinski definition) is 1. The largest absolute Gasteiger partial charge is 1.00 e. The Balaban J connectivity index is -0.00000180. The van der Waals surface area contributed by atoms with E-state index in [1.165, 1.54) is 70.6 Å². The normalized spacial score (nSPS) is 10.7. The van der Waals surface area contributed by atoms with Gasteiger partial charge in [-0.2, -0.15) is 0 Å². The molecule has 120 valence electrons. The van der Waals surface area contributed by atoms with Gasteiger partial charge in [0.15, 0.2) is 0 Å². The second-order valence-electron chi connectivity index (χ2n) is 5.73. The number of hydrogen-bond acceptors (Lipinski definition) is 1. The van der Waals surface area contributed by atoms with Crippen molar-refractivity contribution in [3.05, 3.63) is 12.2 Å². The number of carboxylic acids is 1. The molecular weight excluding hydrogens is 271 g/mol. The van der Waals surface area contributed by atoms with Gasteiger partial charge in [0.05, 0.1) is 0 Å². The summed E-state index contributed by atoms with van der Waals surface area (Å²) in [4.78, 5) is 10.3. The van der Waals surface area contributed by atoms with Crippen LogP contribution in [-0.2, 0) is 4.79 Å². The Morgan fingerprint density at radius 1 is 0.810 bits per heavy atom. The summed E-state index contributed by atoms with van der Waals surface area (Å²) in [6.45, 7) is 2.24. The summed E-state index contributed by atoms with van der Waals surface area (Å²) < 4.78 is 0. The van der Waals surface area contributed by atoms with Crippen LogP contribution in [0.15, 0.2) is 12.2 Å². The van der Waals surface area contributed by atoms with Crippen molar-refractivity contribution in [1.82, 2.24) is 0 Å². The van der Waals surface area contributed by atoms with Crippen molar-refractivity contribution in [2.45, 2.75) is 96.8 Å². The first-order valence-corrected chi connectivity index (χ1v) is 8.64. The molecule has 0 rings (SSSR count). The zero-order chi connectivity index (χ0) is 14.9. The van der Waals surface area contributed by atoms with Crippen LogP contribution >= 0.6 is 0 Å². The second kappa shape index (κ2) is 20.2. The van der Waals surface area contributed by atoms with E-state index < -0.39 is 5.97 Å². The topological polar surface area (TPSA) is 37.3 Å². The van der Waals surface area contributed by atoms with Gasteiger partial charge in [0, 0.05) is 6.42 Å². The van der Waals surface area contributed by atoms with Crippen LogP contribution in [0, 0.1) is 0 Å². The molecule has 0 amide bonds. The van der Waals surface area contributed by atoms with Gasteiger partial charge in [-0.05, 0) is 25.7 Å². The monoisotopic (exact) mass is 306 g/mol. The Labute approximate surface area is 155 Å². The van der Waals surface area contributed by atoms with Crippen LogP contribution in [0.2, 0.25) is 0 Å². The average molecular weight is 306 g/mol. The maximum absolute atomic E-state index is 10.3. The van der Waals surface area contributed by atoms with E-state index in [4.69, 9.17) is 5.11 Å². The van der Waals surface area contributed by atoms with Gasteiger partial charge >= 0.3 is 35.5 Å². The number of rotatable bonds is 15. The van der Waals surface area contributed by atoms with Gasteiger partial charge in [-0.25, -0.2) is 0 Å². The minimum Gasteiger partial charge on any atom is -1.00 e. The summed E-state index contributed by atoms with van der Waals surface area (Å²) in [5.74, 6) is -0.659. The Kier molecular flexibility index (Phi) is 22.6. The predicted molar refractivity (Wildman–Crippen MR) is 88.2 cm³/mol. The standard InChI is InChI=1S/C18H34O2.Na.H/c1-2-3-4-5-6-7-8-9-10-11-12-13-14-15-16-17-18(19)20;;/h5-6H,2-4,7-17H2,1H3,(H,19,20);;/q;+1;-1/b6-5-;;. The number of carbonyl (C=O) groups is 1. The minimum absolute atomic E-state index is 0. The van der Waals surface area contributed by atoms with E-state index in [2.05, 4.69) is 19.1 Å². The SMILES string of the molecule is CCCC/C=C\CCCCCCCCCCCC(=O)O.[H-].[Na+]. The molecule has 0 saturated heterocycles. The molecule has 0 bridgehead atoms. The van der Waals surface area contributed by atoms with Crippen molar-refractivity contribution < 1.29 is 40.9 Å². The van der Waals surface area contributed by atoms with Crippen LogP contribution in [0.5, 0.6) is 0 Å². The third kappa shape index (κ3) is 22.6. The van der Waals surface area contributed by atoms with Gasteiger partial charge in [-0.15, -0.1) is 0 Å². The molecule has 0 spiro atoms. The molecule has 0 fully saturated rings.